The minimum atomic E-state index is -3.81. The third-order valence-corrected chi connectivity index (χ3v) is 7.32. The molecule has 1 saturated heterocycles. The molecule has 2 N–H and O–H groups in total. The van der Waals surface area contributed by atoms with Crippen molar-refractivity contribution in [3.63, 3.8) is 0 Å². The third kappa shape index (κ3) is 6.31. The van der Waals surface area contributed by atoms with Crippen LogP contribution in [0.15, 0.2) is 81.7 Å². The second-order valence-corrected chi connectivity index (χ2v) is 10.2. The minimum absolute atomic E-state index is 0.0218. The van der Waals surface area contributed by atoms with E-state index < -0.39 is 15.8 Å². The van der Waals surface area contributed by atoms with Gasteiger partial charge in [0.2, 0.25) is 0 Å². The van der Waals surface area contributed by atoms with Gasteiger partial charge in [0.15, 0.2) is 0 Å². The van der Waals surface area contributed by atoms with Crippen molar-refractivity contribution >= 4 is 33.4 Å². The fraction of sp³-hybridized carbons (Fsp3) is 0.217. The zero-order valence-corrected chi connectivity index (χ0v) is 19.2. The lowest BCUT2D eigenvalue weighted by Gasteiger charge is -2.11. The second-order valence-electron chi connectivity index (χ2n) is 7.42. The van der Waals surface area contributed by atoms with E-state index in [2.05, 4.69) is 15.0 Å². The van der Waals surface area contributed by atoms with Crippen molar-refractivity contribution in [2.24, 2.45) is 0 Å². The number of rotatable bonds is 8. The smallest absolute Gasteiger partial charge is 0.261 e. The predicted octanol–water partition coefficient (Wildman–Crippen LogP) is 4.08. The normalized spacial score (nSPS) is 15.8. The molecule has 4 rings (SSSR count). The number of carbonyl (C=O) groups is 1. The molecule has 1 atom stereocenters. The van der Waals surface area contributed by atoms with Crippen molar-refractivity contribution in [2.75, 3.05) is 17.9 Å². The Labute approximate surface area is 195 Å². The number of halogens is 1. The van der Waals surface area contributed by atoms with Crippen LogP contribution in [0, 0.1) is 5.82 Å². The average molecular weight is 488 g/mol. The van der Waals surface area contributed by atoms with E-state index in [-0.39, 0.29) is 16.9 Å². The summed E-state index contributed by atoms with van der Waals surface area (Å²) in [7, 11) is -3.81. The second kappa shape index (κ2) is 10.3. The highest BCUT2D eigenvalue weighted by Gasteiger charge is 2.17. The molecule has 33 heavy (non-hydrogen) atoms. The maximum atomic E-state index is 13.0. The largest absolute Gasteiger partial charge is 0.376 e. The Morgan fingerprint density at radius 2 is 1.85 bits per heavy atom. The van der Waals surface area contributed by atoms with Gasteiger partial charge in [-0.05, 0) is 73.5 Å². The van der Waals surface area contributed by atoms with Gasteiger partial charge in [-0.1, -0.05) is 11.8 Å². The molecule has 2 aromatic carbocycles. The van der Waals surface area contributed by atoms with E-state index in [9.17, 15) is 17.6 Å². The number of amides is 1. The maximum absolute atomic E-state index is 13.0. The number of benzene rings is 2. The maximum Gasteiger partial charge on any atom is 0.261 e. The van der Waals surface area contributed by atoms with Crippen molar-refractivity contribution in [3.8, 4) is 0 Å². The van der Waals surface area contributed by atoms with Gasteiger partial charge in [0.1, 0.15) is 10.8 Å². The van der Waals surface area contributed by atoms with E-state index in [1.807, 2.05) is 0 Å². The molecule has 3 aromatic rings. The first-order chi connectivity index (χ1) is 15.9. The topological polar surface area (TPSA) is 97.4 Å². The Morgan fingerprint density at radius 3 is 2.48 bits per heavy atom. The lowest BCUT2D eigenvalue weighted by Crippen LogP contribution is -2.31. The van der Waals surface area contributed by atoms with Crippen LogP contribution < -0.4 is 10.0 Å². The fourth-order valence-electron chi connectivity index (χ4n) is 3.23. The molecule has 1 aromatic heterocycles. The first-order valence-electron chi connectivity index (χ1n) is 10.3. The van der Waals surface area contributed by atoms with Crippen LogP contribution in [0.2, 0.25) is 0 Å². The highest BCUT2D eigenvalue weighted by molar-refractivity contribution is 7.99. The first-order valence-corrected chi connectivity index (χ1v) is 12.6. The summed E-state index contributed by atoms with van der Waals surface area (Å²) in [6.07, 6.45) is 3.59. The van der Waals surface area contributed by atoms with Crippen molar-refractivity contribution in [3.05, 3.63) is 78.2 Å². The van der Waals surface area contributed by atoms with Gasteiger partial charge in [0.05, 0.1) is 16.6 Å². The Hall–Kier alpha value is -2.95. The zero-order chi connectivity index (χ0) is 23.3. The van der Waals surface area contributed by atoms with Gasteiger partial charge in [-0.3, -0.25) is 9.52 Å². The molecule has 0 saturated carbocycles. The fourth-order valence-corrected chi connectivity index (χ4v) is 5.04. The van der Waals surface area contributed by atoms with Gasteiger partial charge < -0.3 is 10.1 Å². The number of hydrogen-bond acceptors (Lipinski definition) is 6. The van der Waals surface area contributed by atoms with E-state index in [1.165, 1.54) is 30.1 Å². The molecule has 1 fully saturated rings. The monoisotopic (exact) mass is 487 g/mol. The van der Waals surface area contributed by atoms with E-state index >= 15 is 0 Å². The van der Waals surface area contributed by atoms with E-state index in [1.54, 1.807) is 36.4 Å². The van der Waals surface area contributed by atoms with Crippen molar-refractivity contribution in [1.29, 1.82) is 0 Å². The van der Waals surface area contributed by atoms with Gasteiger partial charge in [0, 0.05) is 29.9 Å². The van der Waals surface area contributed by atoms with Gasteiger partial charge in [-0.2, -0.15) is 0 Å². The van der Waals surface area contributed by atoms with Crippen LogP contribution in [-0.2, 0) is 14.8 Å². The van der Waals surface area contributed by atoms with Gasteiger partial charge >= 0.3 is 0 Å². The number of hydrogen-bond donors (Lipinski definition) is 2. The van der Waals surface area contributed by atoms with Crippen LogP contribution in [0.3, 0.4) is 0 Å². The lowest BCUT2D eigenvalue weighted by molar-refractivity contribution is 0.0857. The molecule has 1 unspecified atom stereocenters. The van der Waals surface area contributed by atoms with Crippen LogP contribution in [0.25, 0.3) is 0 Å². The Morgan fingerprint density at radius 1 is 1.09 bits per heavy atom. The first kappa shape index (κ1) is 23.2. The van der Waals surface area contributed by atoms with Crippen LogP contribution >= 0.6 is 11.8 Å². The number of nitrogens with one attached hydrogen (secondary N) is 2. The third-order valence-electron chi connectivity index (χ3n) is 4.97. The summed E-state index contributed by atoms with van der Waals surface area (Å²) >= 11 is 1.38. The number of aromatic nitrogens is 1. The molecule has 10 heteroatoms. The molecule has 1 aliphatic heterocycles. The quantitative estimate of drug-likeness (QED) is 0.497. The summed E-state index contributed by atoms with van der Waals surface area (Å²) in [5.41, 5.74) is 0.859. The van der Waals surface area contributed by atoms with Crippen molar-refractivity contribution < 1.29 is 22.3 Å². The summed E-state index contributed by atoms with van der Waals surface area (Å²) in [6.45, 7) is 1.24. The number of carbonyl (C=O) groups excluding carboxylic acids is 1. The Balaban J connectivity index is 1.33. The van der Waals surface area contributed by atoms with Crippen LogP contribution in [0.5, 0.6) is 0 Å². The van der Waals surface area contributed by atoms with E-state index in [0.29, 0.717) is 22.8 Å². The molecule has 172 valence electrons. The van der Waals surface area contributed by atoms with Gasteiger partial charge in [0.25, 0.3) is 15.9 Å². The minimum Gasteiger partial charge on any atom is -0.376 e. The highest BCUT2D eigenvalue weighted by Crippen LogP contribution is 2.28. The van der Waals surface area contributed by atoms with Gasteiger partial charge in [-0.25, -0.2) is 17.8 Å². The lowest BCUT2D eigenvalue weighted by atomic mass is 10.2. The number of ether oxygens (including phenoxy) is 1. The van der Waals surface area contributed by atoms with Crippen LogP contribution in [0.1, 0.15) is 23.2 Å². The molecule has 1 amide bonds. The van der Waals surface area contributed by atoms with Crippen LogP contribution in [0.4, 0.5) is 10.1 Å². The summed E-state index contributed by atoms with van der Waals surface area (Å²) < 4.78 is 45.8. The van der Waals surface area contributed by atoms with Crippen molar-refractivity contribution in [2.45, 2.75) is 33.8 Å². The van der Waals surface area contributed by atoms with Gasteiger partial charge in [-0.15, -0.1) is 0 Å². The average Bonchev–Trinajstić information content (AvgIpc) is 3.33. The molecule has 2 heterocycles. The number of nitrogens with zero attached hydrogens (tertiary/aromatic N) is 1. The highest BCUT2D eigenvalue weighted by atomic mass is 32.2. The summed E-state index contributed by atoms with van der Waals surface area (Å²) in [5, 5.41) is 3.56. The molecular formula is C23H22FN3O4S2. The number of anilines is 1. The SMILES string of the molecule is O=C(NCC1CCCO1)c1ccc(Sc2ccc(NS(=O)(=O)c3ccc(F)cc3)cc2)nc1. The molecule has 0 bridgehead atoms. The predicted molar refractivity (Wildman–Crippen MR) is 123 cm³/mol. The molecule has 1 aliphatic rings. The number of pyridine rings is 1. The zero-order valence-electron chi connectivity index (χ0n) is 17.5. The van der Waals surface area contributed by atoms with Crippen LogP contribution in [-0.4, -0.2) is 38.6 Å². The molecule has 7 nitrogen and oxygen atoms in total. The summed E-state index contributed by atoms with van der Waals surface area (Å²) in [6, 6.07) is 14.9. The molecule has 0 aliphatic carbocycles. The molecular weight excluding hydrogens is 465 g/mol. The Bertz CT molecular complexity index is 1200. The van der Waals surface area contributed by atoms with E-state index in [0.717, 1.165) is 36.5 Å². The Kier molecular flexibility index (Phi) is 7.26. The summed E-state index contributed by atoms with van der Waals surface area (Å²) in [4.78, 5) is 17.4. The molecule has 0 radical (unpaired) electrons. The molecule has 0 spiro atoms. The summed E-state index contributed by atoms with van der Waals surface area (Å²) in [5.74, 6) is -0.691. The van der Waals surface area contributed by atoms with Crippen molar-refractivity contribution in [1.82, 2.24) is 10.3 Å². The standard InChI is InChI=1S/C23H22FN3O4S2/c24-17-4-10-21(11-5-17)33(29,30)27-18-6-8-20(9-7-18)32-22-12-3-16(14-25-22)23(28)26-15-19-2-1-13-31-19/h3-12,14,19,27H,1-2,13,15H2,(H,26,28). The number of sulfonamides is 1. The van der Waals surface area contributed by atoms with E-state index in [4.69, 9.17) is 4.74 Å².